The van der Waals surface area contributed by atoms with E-state index >= 15 is 0 Å². The van der Waals surface area contributed by atoms with E-state index in [4.69, 9.17) is 0 Å². The highest BCUT2D eigenvalue weighted by atomic mass is 32.2. The number of nitrogens with one attached hydrogen (secondary N) is 2. The quantitative estimate of drug-likeness (QED) is 0.724. The lowest BCUT2D eigenvalue weighted by Crippen LogP contribution is -2.42. The Morgan fingerprint density at radius 3 is 2.68 bits per heavy atom. The Labute approximate surface area is 127 Å². The third kappa shape index (κ3) is 4.49. The van der Waals surface area contributed by atoms with E-state index in [2.05, 4.69) is 0 Å². The first-order chi connectivity index (χ1) is 10.2. The van der Waals surface area contributed by atoms with Gasteiger partial charge in [-0.25, -0.2) is 21.2 Å². The van der Waals surface area contributed by atoms with Crippen LogP contribution in [0.4, 0.5) is 4.39 Å². The highest BCUT2D eigenvalue weighted by Crippen LogP contribution is 2.21. The Balaban J connectivity index is 1.91. The van der Waals surface area contributed by atoms with Gasteiger partial charge in [0, 0.05) is 6.42 Å². The molecule has 122 valence electrons. The van der Waals surface area contributed by atoms with E-state index in [1.807, 2.05) is 10.3 Å². The number of hydrazine groups is 1. The number of amides is 1. The van der Waals surface area contributed by atoms with Crippen LogP contribution in [0.2, 0.25) is 0 Å². The van der Waals surface area contributed by atoms with E-state index in [-0.39, 0.29) is 28.7 Å². The highest BCUT2D eigenvalue weighted by molar-refractivity contribution is 7.91. The van der Waals surface area contributed by atoms with Crippen molar-refractivity contribution in [1.29, 1.82) is 0 Å². The molecular weight excluding hydrogens is 335 g/mol. The van der Waals surface area contributed by atoms with Crippen LogP contribution in [0.1, 0.15) is 12.8 Å². The molecule has 2 rings (SSSR count). The van der Waals surface area contributed by atoms with Crippen molar-refractivity contribution in [2.45, 2.75) is 17.7 Å². The summed E-state index contributed by atoms with van der Waals surface area (Å²) in [7, 11) is -7.17. The van der Waals surface area contributed by atoms with Crippen molar-refractivity contribution in [2.24, 2.45) is 5.92 Å². The maximum absolute atomic E-state index is 13.0. The number of hydrogen-bond donors (Lipinski definition) is 2. The predicted octanol–water partition coefficient (Wildman–Crippen LogP) is -0.0400. The molecule has 1 aromatic carbocycles. The van der Waals surface area contributed by atoms with Gasteiger partial charge in [0.15, 0.2) is 9.84 Å². The van der Waals surface area contributed by atoms with Crippen molar-refractivity contribution in [2.75, 3.05) is 11.5 Å². The Morgan fingerprint density at radius 1 is 1.36 bits per heavy atom. The molecule has 0 spiro atoms. The van der Waals surface area contributed by atoms with E-state index in [0.717, 1.165) is 12.1 Å². The number of rotatable bonds is 5. The summed E-state index contributed by atoms with van der Waals surface area (Å²) in [4.78, 5) is 13.2. The average Bonchev–Trinajstić information content (AvgIpc) is 2.76. The fraction of sp³-hybridized carbons (Fsp3) is 0.417. The summed E-state index contributed by atoms with van der Waals surface area (Å²) in [5.74, 6) is -1.70. The zero-order valence-corrected chi connectivity index (χ0v) is 13.1. The van der Waals surface area contributed by atoms with E-state index in [1.165, 1.54) is 12.1 Å². The number of hydrogen-bond acceptors (Lipinski definition) is 5. The van der Waals surface area contributed by atoms with Gasteiger partial charge in [0.05, 0.1) is 16.4 Å². The van der Waals surface area contributed by atoms with Crippen LogP contribution in [0.25, 0.3) is 0 Å². The van der Waals surface area contributed by atoms with Crippen LogP contribution >= 0.6 is 0 Å². The molecule has 1 amide bonds. The Bertz CT molecular complexity index is 776. The second kappa shape index (κ2) is 6.31. The van der Waals surface area contributed by atoms with Gasteiger partial charge in [-0.3, -0.25) is 10.2 Å². The van der Waals surface area contributed by atoms with Crippen molar-refractivity contribution < 1.29 is 26.0 Å². The zero-order valence-electron chi connectivity index (χ0n) is 11.5. The van der Waals surface area contributed by atoms with Gasteiger partial charge >= 0.3 is 0 Å². The molecule has 1 saturated heterocycles. The normalized spacial score (nSPS) is 20.7. The standard InChI is InChI=1S/C12H15FN2O5S2/c13-10-2-1-3-11(7-10)22(19,20)15-14-12(16)6-9-4-5-21(17,18)8-9/h1-3,7,9,15H,4-6,8H2,(H,14,16)/t9-/m1/s1. The Morgan fingerprint density at radius 2 is 2.09 bits per heavy atom. The largest absolute Gasteiger partial charge is 0.278 e. The van der Waals surface area contributed by atoms with Crippen molar-refractivity contribution in [3.63, 3.8) is 0 Å². The summed E-state index contributed by atoms with van der Waals surface area (Å²) in [6, 6.07) is 4.33. The summed E-state index contributed by atoms with van der Waals surface area (Å²) in [5, 5.41) is 0. The van der Waals surface area contributed by atoms with Crippen LogP contribution in [0, 0.1) is 11.7 Å². The van der Waals surface area contributed by atoms with Crippen LogP contribution in [-0.2, 0) is 24.7 Å². The number of benzene rings is 1. The first-order valence-electron chi connectivity index (χ1n) is 6.45. The van der Waals surface area contributed by atoms with Crippen molar-refractivity contribution in [1.82, 2.24) is 10.3 Å². The molecule has 1 aliphatic rings. The molecule has 0 radical (unpaired) electrons. The van der Waals surface area contributed by atoms with Gasteiger partial charge in [-0.2, -0.15) is 0 Å². The van der Waals surface area contributed by atoms with E-state index in [1.54, 1.807) is 0 Å². The van der Waals surface area contributed by atoms with Gasteiger partial charge in [0.1, 0.15) is 5.82 Å². The molecule has 1 heterocycles. The molecule has 1 aromatic rings. The molecule has 0 bridgehead atoms. The molecule has 0 unspecified atom stereocenters. The SMILES string of the molecule is O=C(C[C@H]1CCS(=O)(=O)C1)NNS(=O)(=O)c1cccc(F)c1. The number of sulfone groups is 1. The first-order valence-corrected chi connectivity index (χ1v) is 9.75. The minimum absolute atomic E-state index is 0.0416. The predicted molar refractivity (Wildman–Crippen MR) is 76.2 cm³/mol. The van der Waals surface area contributed by atoms with Crippen LogP contribution in [0.3, 0.4) is 0 Å². The first kappa shape index (κ1) is 16.8. The minimum Gasteiger partial charge on any atom is -0.278 e. The lowest BCUT2D eigenvalue weighted by molar-refractivity contribution is -0.122. The van der Waals surface area contributed by atoms with E-state index < -0.39 is 31.6 Å². The summed E-state index contributed by atoms with van der Waals surface area (Å²) >= 11 is 0. The van der Waals surface area contributed by atoms with Crippen molar-refractivity contribution >= 4 is 25.8 Å². The third-order valence-corrected chi connectivity index (χ3v) is 6.31. The molecule has 0 aromatic heterocycles. The lowest BCUT2D eigenvalue weighted by Gasteiger charge is -2.10. The topological polar surface area (TPSA) is 109 Å². The number of sulfonamides is 1. The van der Waals surface area contributed by atoms with Crippen LogP contribution in [0.5, 0.6) is 0 Å². The van der Waals surface area contributed by atoms with E-state index in [9.17, 15) is 26.0 Å². The van der Waals surface area contributed by atoms with E-state index in [0.29, 0.717) is 6.42 Å². The summed E-state index contributed by atoms with van der Waals surface area (Å²) < 4.78 is 59.2. The van der Waals surface area contributed by atoms with Gasteiger partial charge in [0.25, 0.3) is 10.0 Å². The fourth-order valence-corrected chi connectivity index (χ4v) is 4.92. The molecule has 0 aliphatic carbocycles. The molecular formula is C12H15FN2O5S2. The monoisotopic (exact) mass is 350 g/mol. The summed E-state index contributed by atoms with van der Waals surface area (Å²) in [6.07, 6.45) is 0.289. The molecule has 2 N–H and O–H groups in total. The van der Waals surface area contributed by atoms with Crippen LogP contribution in [-0.4, -0.2) is 34.2 Å². The van der Waals surface area contributed by atoms with Gasteiger partial charge < -0.3 is 0 Å². The van der Waals surface area contributed by atoms with Gasteiger partial charge in [0.2, 0.25) is 5.91 Å². The second-order valence-corrected chi connectivity index (χ2v) is 9.00. The Kier molecular flexibility index (Phi) is 4.83. The summed E-state index contributed by atoms with van der Waals surface area (Å²) in [6.45, 7) is 0. The average molecular weight is 350 g/mol. The van der Waals surface area contributed by atoms with Gasteiger partial charge in [-0.1, -0.05) is 6.07 Å². The molecule has 0 saturated carbocycles. The molecule has 1 aliphatic heterocycles. The van der Waals surface area contributed by atoms with Gasteiger partial charge in [-0.15, -0.1) is 4.83 Å². The second-order valence-electron chi connectivity index (χ2n) is 5.08. The molecule has 7 nitrogen and oxygen atoms in total. The van der Waals surface area contributed by atoms with Crippen LogP contribution in [0.15, 0.2) is 29.2 Å². The number of halogens is 1. The van der Waals surface area contributed by atoms with Gasteiger partial charge in [-0.05, 0) is 30.5 Å². The lowest BCUT2D eigenvalue weighted by atomic mass is 10.1. The molecule has 1 atom stereocenters. The van der Waals surface area contributed by atoms with Crippen molar-refractivity contribution in [3.05, 3.63) is 30.1 Å². The summed E-state index contributed by atoms with van der Waals surface area (Å²) in [5.41, 5.74) is 2.00. The molecule has 22 heavy (non-hydrogen) atoms. The zero-order chi connectivity index (χ0) is 16.4. The minimum atomic E-state index is -4.07. The number of carbonyl (C=O) groups excluding carboxylic acids is 1. The fourth-order valence-electron chi connectivity index (χ4n) is 2.16. The Hall–Kier alpha value is -1.52. The third-order valence-electron chi connectivity index (χ3n) is 3.23. The van der Waals surface area contributed by atoms with Crippen LogP contribution < -0.4 is 10.3 Å². The smallest absolute Gasteiger partial charge is 0.257 e. The maximum atomic E-state index is 13.0. The van der Waals surface area contributed by atoms with Crippen molar-refractivity contribution in [3.8, 4) is 0 Å². The highest BCUT2D eigenvalue weighted by Gasteiger charge is 2.29. The maximum Gasteiger partial charge on any atom is 0.257 e. The number of carbonyl (C=O) groups is 1. The molecule has 1 fully saturated rings. The molecule has 10 heteroatoms.